The summed E-state index contributed by atoms with van der Waals surface area (Å²) in [6.07, 6.45) is 10.5. The van der Waals surface area contributed by atoms with Crippen LogP contribution < -0.4 is 5.32 Å². The molecule has 0 radical (unpaired) electrons. The minimum atomic E-state index is -0.0228. The van der Waals surface area contributed by atoms with Gasteiger partial charge in [-0.25, -0.2) is 4.79 Å². The predicted octanol–water partition coefficient (Wildman–Crippen LogP) is 2.38. The largest absolute Gasteiger partial charge is 0.376 e. The zero-order chi connectivity index (χ0) is 14.7. The van der Waals surface area contributed by atoms with E-state index < -0.39 is 0 Å². The number of rotatable bonds is 4. The highest BCUT2D eigenvalue weighted by atomic mass is 16.5. The molecule has 1 aliphatic carbocycles. The second-order valence-electron chi connectivity index (χ2n) is 6.06. The second kappa shape index (κ2) is 6.47. The van der Waals surface area contributed by atoms with Gasteiger partial charge in [0.05, 0.1) is 18.0 Å². The van der Waals surface area contributed by atoms with Crippen molar-refractivity contribution in [3.8, 4) is 0 Å². The first-order chi connectivity index (χ1) is 10.2. The third-order valence-corrected chi connectivity index (χ3v) is 4.41. The van der Waals surface area contributed by atoms with Gasteiger partial charge in [0.2, 0.25) is 0 Å². The number of nitrogens with one attached hydrogen (secondary N) is 1. The number of nitrogens with zero attached hydrogens (tertiary/aromatic N) is 3. The Bertz CT molecular complexity index is 476. The van der Waals surface area contributed by atoms with Crippen LogP contribution in [0.5, 0.6) is 0 Å². The van der Waals surface area contributed by atoms with Crippen LogP contribution in [-0.4, -0.2) is 46.0 Å². The summed E-state index contributed by atoms with van der Waals surface area (Å²) in [5.41, 5.74) is 0.748. The summed E-state index contributed by atoms with van der Waals surface area (Å²) >= 11 is 0. The van der Waals surface area contributed by atoms with Gasteiger partial charge < -0.3 is 15.0 Å². The van der Waals surface area contributed by atoms with Crippen LogP contribution in [-0.2, 0) is 11.8 Å². The normalized spacial score (nSPS) is 22.6. The molecule has 1 saturated heterocycles. The number of aromatic nitrogens is 2. The van der Waals surface area contributed by atoms with Crippen LogP contribution in [0.3, 0.4) is 0 Å². The lowest BCUT2D eigenvalue weighted by molar-refractivity contribution is 0.0729. The molecule has 6 heteroatoms. The highest BCUT2D eigenvalue weighted by molar-refractivity contribution is 5.89. The summed E-state index contributed by atoms with van der Waals surface area (Å²) in [5.74, 6) is 0. The highest BCUT2D eigenvalue weighted by Crippen LogP contribution is 2.26. The zero-order valence-corrected chi connectivity index (χ0v) is 12.6. The van der Waals surface area contributed by atoms with E-state index in [1.165, 1.54) is 12.8 Å². The summed E-state index contributed by atoms with van der Waals surface area (Å²) in [6, 6.07) is 0.330. The number of anilines is 1. The molecule has 1 N–H and O–H groups in total. The quantitative estimate of drug-likeness (QED) is 0.927. The minimum Gasteiger partial charge on any atom is -0.376 e. The number of hydrogen-bond acceptors (Lipinski definition) is 3. The molecule has 2 heterocycles. The van der Waals surface area contributed by atoms with E-state index in [0.29, 0.717) is 12.6 Å². The molecule has 21 heavy (non-hydrogen) atoms. The van der Waals surface area contributed by atoms with E-state index in [1.54, 1.807) is 10.9 Å². The molecule has 3 rings (SSSR count). The standard InChI is InChI=1S/C15H24N4O2/c1-18-10-12(9-16-18)17-15(20)19(13-5-2-3-6-13)11-14-7-4-8-21-14/h9-10,13-14H,2-8,11H2,1H3,(H,17,20)/t14-/m1/s1. The van der Waals surface area contributed by atoms with Gasteiger partial charge >= 0.3 is 6.03 Å². The third kappa shape index (κ3) is 3.56. The lowest BCUT2D eigenvalue weighted by Gasteiger charge is -2.31. The maximum atomic E-state index is 12.6. The van der Waals surface area contributed by atoms with Crippen molar-refractivity contribution in [3.63, 3.8) is 0 Å². The highest BCUT2D eigenvalue weighted by Gasteiger charge is 2.30. The first kappa shape index (κ1) is 14.4. The Morgan fingerprint density at radius 1 is 1.43 bits per heavy atom. The first-order valence-corrected chi connectivity index (χ1v) is 7.90. The molecule has 2 fully saturated rings. The fraction of sp³-hybridized carbons (Fsp3) is 0.733. The molecule has 0 spiro atoms. The van der Waals surface area contributed by atoms with Crippen LogP contribution in [0.4, 0.5) is 10.5 Å². The second-order valence-corrected chi connectivity index (χ2v) is 6.06. The molecule has 2 amide bonds. The fourth-order valence-corrected chi connectivity index (χ4v) is 3.30. The Labute approximate surface area is 125 Å². The molecule has 0 bridgehead atoms. The van der Waals surface area contributed by atoms with Crippen LogP contribution in [0, 0.1) is 0 Å². The van der Waals surface area contributed by atoms with Crippen LogP contribution >= 0.6 is 0 Å². The minimum absolute atomic E-state index is 0.0228. The topological polar surface area (TPSA) is 59.4 Å². The van der Waals surface area contributed by atoms with Crippen molar-refractivity contribution in [1.29, 1.82) is 0 Å². The molecule has 1 atom stereocenters. The Morgan fingerprint density at radius 2 is 2.24 bits per heavy atom. The molecular weight excluding hydrogens is 268 g/mol. The molecular formula is C15H24N4O2. The van der Waals surface area contributed by atoms with E-state index in [4.69, 9.17) is 4.74 Å². The van der Waals surface area contributed by atoms with Crippen LogP contribution in [0.1, 0.15) is 38.5 Å². The van der Waals surface area contributed by atoms with Gasteiger partial charge in [0.1, 0.15) is 0 Å². The van der Waals surface area contributed by atoms with Gasteiger partial charge in [-0.3, -0.25) is 4.68 Å². The van der Waals surface area contributed by atoms with Crippen LogP contribution in [0.15, 0.2) is 12.4 Å². The molecule has 1 aliphatic heterocycles. The fourth-order valence-electron chi connectivity index (χ4n) is 3.30. The SMILES string of the molecule is Cn1cc(NC(=O)N(C[C@H]2CCCO2)C2CCCC2)cn1. The summed E-state index contributed by atoms with van der Waals surface area (Å²) in [5, 5.41) is 7.05. The Hall–Kier alpha value is -1.56. The Morgan fingerprint density at radius 3 is 2.86 bits per heavy atom. The molecule has 116 valence electrons. The third-order valence-electron chi connectivity index (χ3n) is 4.41. The maximum Gasteiger partial charge on any atom is 0.322 e. The number of amides is 2. The maximum absolute atomic E-state index is 12.6. The molecule has 0 aromatic carbocycles. The van der Waals surface area contributed by atoms with Crippen LogP contribution in [0.25, 0.3) is 0 Å². The average molecular weight is 292 g/mol. The molecule has 2 aliphatic rings. The van der Waals surface area contributed by atoms with Gasteiger partial charge in [0.25, 0.3) is 0 Å². The van der Waals surface area contributed by atoms with E-state index in [9.17, 15) is 4.79 Å². The van der Waals surface area contributed by atoms with Crippen molar-refractivity contribution in [3.05, 3.63) is 12.4 Å². The number of carbonyl (C=O) groups excluding carboxylic acids is 1. The van der Waals surface area contributed by atoms with E-state index in [0.717, 1.165) is 38.0 Å². The van der Waals surface area contributed by atoms with E-state index in [-0.39, 0.29) is 12.1 Å². The molecule has 1 aromatic rings. The number of urea groups is 1. The molecule has 1 aromatic heterocycles. The Balaban J connectivity index is 1.65. The first-order valence-electron chi connectivity index (χ1n) is 7.90. The summed E-state index contributed by atoms with van der Waals surface area (Å²) in [7, 11) is 1.84. The lowest BCUT2D eigenvalue weighted by atomic mass is 10.1. The number of carbonyl (C=O) groups is 1. The van der Waals surface area contributed by atoms with Crippen molar-refractivity contribution in [2.75, 3.05) is 18.5 Å². The molecule has 6 nitrogen and oxygen atoms in total. The summed E-state index contributed by atoms with van der Waals surface area (Å²) in [4.78, 5) is 14.6. The molecule has 1 saturated carbocycles. The van der Waals surface area contributed by atoms with Gasteiger partial charge in [-0.1, -0.05) is 12.8 Å². The van der Waals surface area contributed by atoms with Gasteiger partial charge in [-0.05, 0) is 25.7 Å². The Kier molecular flexibility index (Phi) is 4.43. The average Bonchev–Trinajstić information content (AvgIpc) is 3.18. The van der Waals surface area contributed by atoms with Crippen molar-refractivity contribution >= 4 is 11.7 Å². The van der Waals surface area contributed by atoms with E-state index in [2.05, 4.69) is 10.4 Å². The van der Waals surface area contributed by atoms with Gasteiger partial charge in [-0.15, -0.1) is 0 Å². The summed E-state index contributed by atoms with van der Waals surface area (Å²) in [6.45, 7) is 1.53. The predicted molar refractivity (Wildman–Crippen MR) is 80.2 cm³/mol. The van der Waals surface area contributed by atoms with Gasteiger partial charge in [0.15, 0.2) is 0 Å². The monoisotopic (exact) mass is 292 g/mol. The summed E-state index contributed by atoms with van der Waals surface area (Å²) < 4.78 is 7.40. The molecule has 0 unspecified atom stereocenters. The number of hydrogen-bond donors (Lipinski definition) is 1. The van der Waals surface area contributed by atoms with Crippen molar-refractivity contribution in [2.24, 2.45) is 7.05 Å². The van der Waals surface area contributed by atoms with Crippen LogP contribution in [0.2, 0.25) is 0 Å². The number of aryl methyl sites for hydroxylation is 1. The lowest BCUT2D eigenvalue weighted by Crippen LogP contribution is -2.45. The van der Waals surface area contributed by atoms with Gasteiger partial charge in [0, 0.05) is 32.4 Å². The van der Waals surface area contributed by atoms with Crippen molar-refractivity contribution in [1.82, 2.24) is 14.7 Å². The van der Waals surface area contributed by atoms with E-state index >= 15 is 0 Å². The van der Waals surface area contributed by atoms with Crippen molar-refractivity contribution < 1.29 is 9.53 Å². The smallest absolute Gasteiger partial charge is 0.322 e. The van der Waals surface area contributed by atoms with Gasteiger partial charge in [-0.2, -0.15) is 5.10 Å². The number of ether oxygens (including phenoxy) is 1. The zero-order valence-electron chi connectivity index (χ0n) is 12.6. The van der Waals surface area contributed by atoms with Crippen molar-refractivity contribution in [2.45, 2.75) is 50.7 Å². The van der Waals surface area contributed by atoms with E-state index in [1.807, 2.05) is 18.1 Å².